The van der Waals surface area contributed by atoms with Crippen LogP contribution in [0, 0.1) is 0 Å². The Morgan fingerprint density at radius 2 is 2.13 bits per heavy atom. The Kier molecular flexibility index (Phi) is 2.73. The Morgan fingerprint density at radius 1 is 1.33 bits per heavy atom. The molecule has 0 bridgehead atoms. The van der Waals surface area contributed by atoms with E-state index in [0.29, 0.717) is 11.3 Å². The summed E-state index contributed by atoms with van der Waals surface area (Å²) in [5, 5.41) is 0. The predicted molar refractivity (Wildman–Crippen MR) is 61.8 cm³/mol. The van der Waals surface area contributed by atoms with Gasteiger partial charge >= 0.3 is 0 Å². The lowest BCUT2D eigenvalue weighted by molar-refractivity contribution is 0.101. The molecule has 76 valence electrons. The molecule has 0 atom stereocenters. The largest absolute Gasteiger partial charge is 0.464 e. The summed E-state index contributed by atoms with van der Waals surface area (Å²) < 4.78 is 6.17. The van der Waals surface area contributed by atoms with Crippen LogP contribution in [0.1, 0.15) is 17.3 Å². The highest BCUT2D eigenvalue weighted by molar-refractivity contribution is 9.10. The summed E-state index contributed by atoms with van der Waals surface area (Å²) in [5.41, 5.74) is 1.50. The van der Waals surface area contributed by atoms with Crippen molar-refractivity contribution in [2.24, 2.45) is 0 Å². The first-order valence-corrected chi connectivity index (χ1v) is 5.32. The molecule has 1 aromatic heterocycles. The molecule has 15 heavy (non-hydrogen) atoms. The van der Waals surface area contributed by atoms with Gasteiger partial charge in [-0.1, -0.05) is 15.9 Å². The summed E-state index contributed by atoms with van der Waals surface area (Å²) in [5.74, 6) is 0.746. The number of ketones is 1. The minimum Gasteiger partial charge on any atom is -0.464 e. The molecule has 2 nitrogen and oxygen atoms in total. The molecule has 0 saturated heterocycles. The van der Waals surface area contributed by atoms with E-state index in [0.717, 1.165) is 10.0 Å². The van der Waals surface area contributed by atoms with E-state index in [1.165, 1.54) is 0 Å². The zero-order valence-corrected chi connectivity index (χ0v) is 9.74. The second kappa shape index (κ2) is 4.03. The van der Waals surface area contributed by atoms with Crippen LogP contribution in [0.4, 0.5) is 0 Å². The van der Waals surface area contributed by atoms with Gasteiger partial charge in [0, 0.05) is 15.6 Å². The van der Waals surface area contributed by atoms with Crippen molar-refractivity contribution in [2.75, 3.05) is 0 Å². The van der Waals surface area contributed by atoms with Crippen molar-refractivity contribution in [1.82, 2.24) is 0 Å². The van der Waals surface area contributed by atoms with E-state index in [9.17, 15) is 4.79 Å². The zero-order chi connectivity index (χ0) is 10.8. The van der Waals surface area contributed by atoms with Crippen molar-refractivity contribution >= 4 is 21.7 Å². The van der Waals surface area contributed by atoms with Crippen LogP contribution in [0.5, 0.6) is 0 Å². The molecule has 0 aliphatic heterocycles. The van der Waals surface area contributed by atoms with Gasteiger partial charge in [0.15, 0.2) is 5.78 Å². The number of Topliss-reactive ketones (excluding diaryl/α,β-unsaturated/α-hetero) is 1. The van der Waals surface area contributed by atoms with E-state index in [1.807, 2.05) is 18.2 Å². The van der Waals surface area contributed by atoms with Gasteiger partial charge in [-0.05, 0) is 37.3 Å². The number of furan rings is 1. The molecule has 0 N–H and O–H groups in total. The zero-order valence-electron chi connectivity index (χ0n) is 8.16. The van der Waals surface area contributed by atoms with Crippen molar-refractivity contribution in [3.8, 4) is 11.3 Å². The van der Waals surface area contributed by atoms with Gasteiger partial charge in [-0.15, -0.1) is 0 Å². The topological polar surface area (TPSA) is 30.2 Å². The van der Waals surface area contributed by atoms with E-state index in [-0.39, 0.29) is 5.78 Å². The maximum Gasteiger partial charge on any atom is 0.160 e. The first-order valence-electron chi connectivity index (χ1n) is 4.53. The average Bonchev–Trinajstić information content (AvgIpc) is 2.70. The van der Waals surface area contributed by atoms with Gasteiger partial charge in [-0.3, -0.25) is 4.79 Å². The number of hydrogen-bond donors (Lipinski definition) is 0. The first-order chi connectivity index (χ1) is 7.18. The van der Waals surface area contributed by atoms with E-state index < -0.39 is 0 Å². The first kappa shape index (κ1) is 10.2. The number of carbonyl (C=O) groups is 1. The van der Waals surface area contributed by atoms with Crippen LogP contribution in [-0.4, -0.2) is 5.78 Å². The Morgan fingerprint density at radius 3 is 2.73 bits per heavy atom. The minimum atomic E-state index is 0.0303. The molecular weight excluding hydrogens is 256 g/mol. The Labute approximate surface area is 96.0 Å². The number of rotatable bonds is 2. The Hall–Kier alpha value is -1.35. The average molecular weight is 265 g/mol. The van der Waals surface area contributed by atoms with Gasteiger partial charge in [-0.2, -0.15) is 0 Å². The molecule has 1 heterocycles. The highest BCUT2D eigenvalue weighted by Crippen LogP contribution is 2.27. The molecule has 0 aliphatic carbocycles. The van der Waals surface area contributed by atoms with Crippen LogP contribution in [0.15, 0.2) is 45.5 Å². The van der Waals surface area contributed by atoms with Crippen LogP contribution in [0.2, 0.25) is 0 Å². The molecule has 3 heteroatoms. The molecule has 0 radical (unpaired) electrons. The van der Waals surface area contributed by atoms with Crippen molar-refractivity contribution in [2.45, 2.75) is 6.92 Å². The summed E-state index contributed by atoms with van der Waals surface area (Å²) in [7, 11) is 0. The fourth-order valence-electron chi connectivity index (χ4n) is 1.45. The maximum absolute atomic E-state index is 11.5. The summed E-state index contributed by atoms with van der Waals surface area (Å²) in [6.45, 7) is 1.55. The monoisotopic (exact) mass is 264 g/mol. The summed E-state index contributed by atoms with van der Waals surface area (Å²) in [6.07, 6.45) is 1.60. The van der Waals surface area contributed by atoms with Gasteiger partial charge in [0.05, 0.1) is 6.26 Å². The second-order valence-electron chi connectivity index (χ2n) is 3.22. The molecule has 0 unspecified atom stereocenters. The van der Waals surface area contributed by atoms with Crippen molar-refractivity contribution in [3.05, 3.63) is 46.6 Å². The van der Waals surface area contributed by atoms with Gasteiger partial charge in [0.25, 0.3) is 0 Å². The van der Waals surface area contributed by atoms with Crippen LogP contribution in [0.25, 0.3) is 11.3 Å². The Balaban J connectivity index is 2.61. The normalized spacial score (nSPS) is 10.3. The molecule has 0 fully saturated rings. The fraction of sp³-hybridized carbons (Fsp3) is 0.0833. The molecule has 0 amide bonds. The molecule has 2 aromatic rings. The van der Waals surface area contributed by atoms with Gasteiger partial charge in [-0.25, -0.2) is 0 Å². The van der Waals surface area contributed by atoms with Gasteiger partial charge in [0.1, 0.15) is 5.76 Å². The lowest BCUT2D eigenvalue weighted by Crippen LogP contribution is -1.95. The molecule has 1 aromatic carbocycles. The SMILES string of the molecule is CC(=O)c1cc(Br)ccc1-c1ccco1. The van der Waals surface area contributed by atoms with Crippen LogP contribution >= 0.6 is 15.9 Å². The Bertz CT molecular complexity index is 486. The third-order valence-corrected chi connectivity index (χ3v) is 2.64. The second-order valence-corrected chi connectivity index (χ2v) is 4.14. The highest BCUT2D eigenvalue weighted by atomic mass is 79.9. The number of carbonyl (C=O) groups excluding carboxylic acids is 1. The van der Waals surface area contributed by atoms with Crippen LogP contribution < -0.4 is 0 Å². The van der Waals surface area contributed by atoms with Gasteiger partial charge < -0.3 is 4.42 Å². The highest BCUT2D eigenvalue weighted by Gasteiger charge is 2.11. The third-order valence-electron chi connectivity index (χ3n) is 2.15. The standard InChI is InChI=1S/C12H9BrO2/c1-8(14)11-7-9(13)4-5-10(11)12-3-2-6-15-12/h2-7H,1H3. The number of hydrogen-bond acceptors (Lipinski definition) is 2. The molecule has 0 aliphatic rings. The quantitative estimate of drug-likeness (QED) is 0.770. The van der Waals surface area contributed by atoms with E-state index in [2.05, 4.69) is 15.9 Å². The van der Waals surface area contributed by atoms with E-state index in [1.54, 1.807) is 25.3 Å². The van der Waals surface area contributed by atoms with Crippen molar-refractivity contribution in [1.29, 1.82) is 0 Å². The van der Waals surface area contributed by atoms with Crippen LogP contribution in [-0.2, 0) is 0 Å². The number of halogens is 1. The van der Waals surface area contributed by atoms with Crippen molar-refractivity contribution in [3.63, 3.8) is 0 Å². The minimum absolute atomic E-state index is 0.0303. The molecule has 0 saturated carbocycles. The van der Waals surface area contributed by atoms with E-state index in [4.69, 9.17) is 4.42 Å². The smallest absolute Gasteiger partial charge is 0.160 e. The predicted octanol–water partition coefficient (Wildman–Crippen LogP) is 3.91. The number of benzene rings is 1. The fourth-order valence-corrected chi connectivity index (χ4v) is 1.82. The van der Waals surface area contributed by atoms with Crippen molar-refractivity contribution < 1.29 is 9.21 Å². The van der Waals surface area contributed by atoms with Crippen LogP contribution in [0.3, 0.4) is 0 Å². The summed E-state index contributed by atoms with van der Waals surface area (Å²) in [4.78, 5) is 11.5. The molecule has 2 rings (SSSR count). The third kappa shape index (κ3) is 2.02. The maximum atomic E-state index is 11.5. The summed E-state index contributed by atoms with van der Waals surface area (Å²) in [6, 6.07) is 9.22. The lowest BCUT2D eigenvalue weighted by atomic mass is 10.0. The lowest BCUT2D eigenvalue weighted by Gasteiger charge is -2.04. The van der Waals surface area contributed by atoms with Gasteiger partial charge in [0.2, 0.25) is 0 Å². The molecular formula is C12H9BrO2. The summed E-state index contributed by atoms with van der Waals surface area (Å²) >= 11 is 3.35. The van der Waals surface area contributed by atoms with E-state index >= 15 is 0 Å². The molecule has 0 spiro atoms.